The van der Waals surface area contributed by atoms with Gasteiger partial charge in [0, 0.05) is 31.2 Å². The molecule has 1 unspecified atom stereocenters. The van der Waals surface area contributed by atoms with Gasteiger partial charge in [0.25, 0.3) is 0 Å². The molecule has 20 heavy (non-hydrogen) atoms. The van der Waals surface area contributed by atoms with Crippen molar-refractivity contribution >= 4 is 11.6 Å². The summed E-state index contributed by atoms with van der Waals surface area (Å²) in [6, 6.07) is 8.00. The number of aromatic nitrogens is 2. The van der Waals surface area contributed by atoms with Gasteiger partial charge in [0.1, 0.15) is 11.6 Å². The second-order valence-corrected chi connectivity index (χ2v) is 5.33. The largest absolute Gasteiger partial charge is 0.475 e. The second kappa shape index (κ2) is 6.20. The number of halogens is 1. The normalized spacial score (nSPS) is 21.9. The van der Waals surface area contributed by atoms with Crippen molar-refractivity contribution < 1.29 is 4.74 Å². The highest BCUT2D eigenvalue weighted by molar-refractivity contribution is 6.31. The van der Waals surface area contributed by atoms with Gasteiger partial charge in [-0.3, -0.25) is 4.98 Å². The fraction of sp³-hybridized carbons (Fsp3) is 0.333. The van der Waals surface area contributed by atoms with E-state index in [0.29, 0.717) is 29.5 Å². The summed E-state index contributed by atoms with van der Waals surface area (Å²) in [5.74, 6) is 0.997. The monoisotopic (exact) mass is 289 g/mol. The van der Waals surface area contributed by atoms with Crippen molar-refractivity contribution in [3.05, 3.63) is 53.4 Å². The van der Waals surface area contributed by atoms with Crippen LogP contribution in [0, 0.1) is 0 Å². The zero-order valence-electron chi connectivity index (χ0n) is 11.0. The number of nitrogens with zero attached hydrogens (tertiary/aromatic N) is 2. The third kappa shape index (κ3) is 3.08. The van der Waals surface area contributed by atoms with Crippen molar-refractivity contribution in [3.63, 3.8) is 0 Å². The highest BCUT2D eigenvalue weighted by Gasteiger charge is 2.26. The van der Waals surface area contributed by atoms with Crippen LogP contribution < -0.4 is 10.1 Å². The third-order valence-corrected chi connectivity index (χ3v) is 3.81. The van der Waals surface area contributed by atoms with Crippen LogP contribution in [0.2, 0.25) is 5.02 Å². The first-order valence-electron chi connectivity index (χ1n) is 6.69. The van der Waals surface area contributed by atoms with Gasteiger partial charge in [-0.05, 0) is 36.1 Å². The van der Waals surface area contributed by atoms with Crippen LogP contribution in [0.25, 0.3) is 0 Å². The number of hydrogen-bond acceptors (Lipinski definition) is 4. The number of rotatable bonds is 4. The molecule has 1 aliphatic heterocycles. The predicted octanol–water partition coefficient (Wildman–Crippen LogP) is 2.65. The summed E-state index contributed by atoms with van der Waals surface area (Å²) in [4.78, 5) is 8.30. The van der Waals surface area contributed by atoms with E-state index in [0.717, 1.165) is 13.0 Å². The number of nitrogens with one attached hydrogen (secondary N) is 1. The smallest absolute Gasteiger partial charge is 0.232 e. The lowest BCUT2D eigenvalue weighted by molar-refractivity contribution is 0.267. The van der Waals surface area contributed by atoms with Gasteiger partial charge in [-0.1, -0.05) is 17.7 Å². The zero-order valence-corrected chi connectivity index (χ0v) is 11.8. The van der Waals surface area contributed by atoms with Crippen LogP contribution in [0.1, 0.15) is 17.9 Å². The molecule has 3 rings (SSSR count). The Bertz CT molecular complexity index is 564. The molecule has 104 valence electrons. The summed E-state index contributed by atoms with van der Waals surface area (Å²) in [5, 5.41) is 4.02. The van der Waals surface area contributed by atoms with Crippen molar-refractivity contribution in [2.75, 3.05) is 13.2 Å². The Labute approximate surface area is 123 Å². The van der Waals surface area contributed by atoms with Gasteiger partial charge in [-0.15, -0.1) is 0 Å². The molecule has 0 bridgehead atoms. The van der Waals surface area contributed by atoms with E-state index in [-0.39, 0.29) is 0 Å². The molecule has 2 aromatic rings. The molecule has 4 nitrogen and oxygen atoms in total. The highest BCUT2D eigenvalue weighted by Crippen LogP contribution is 2.26. The van der Waals surface area contributed by atoms with Gasteiger partial charge in [0.05, 0.1) is 0 Å². The maximum atomic E-state index is 6.02. The van der Waals surface area contributed by atoms with Crippen molar-refractivity contribution in [1.29, 1.82) is 0 Å². The van der Waals surface area contributed by atoms with Crippen LogP contribution in [0.5, 0.6) is 5.88 Å². The minimum atomic E-state index is 0.318. The van der Waals surface area contributed by atoms with Gasteiger partial charge in [-0.25, -0.2) is 4.98 Å². The van der Waals surface area contributed by atoms with Crippen molar-refractivity contribution in [3.8, 4) is 5.88 Å². The van der Waals surface area contributed by atoms with Crippen LogP contribution in [0.3, 0.4) is 0 Å². The van der Waals surface area contributed by atoms with E-state index in [1.807, 2.05) is 12.3 Å². The Balaban J connectivity index is 1.55. The van der Waals surface area contributed by atoms with Gasteiger partial charge in [0.15, 0.2) is 0 Å². The van der Waals surface area contributed by atoms with Crippen LogP contribution in [0.4, 0.5) is 0 Å². The van der Waals surface area contributed by atoms with Gasteiger partial charge >= 0.3 is 0 Å². The van der Waals surface area contributed by atoms with E-state index >= 15 is 0 Å². The molecule has 0 saturated carbocycles. The summed E-state index contributed by atoms with van der Waals surface area (Å²) >= 11 is 6.02. The average molecular weight is 290 g/mol. The SMILES string of the molecule is Clc1cccnc1OC[C@H]1CC(c2cccnc2)CN1. The standard InChI is InChI=1S/C15H16ClN3O/c16-14-4-2-6-18-15(14)20-10-13-7-12(9-19-13)11-3-1-5-17-8-11/h1-6,8,12-13,19H,7,9-10H2/t12?,13-/m1/s1. The molecular weight excluding hydrogens is 274 g/mol. The van der Waals surface area contributed by atoms with E-state index < -0.39 is 0 Å². The van der Waals surface area contributed by atoms with E-state index in [9.17, 15) is 0 Å². The highest BCUT2D eigenvalue weighted by atomic mass is 35.5. The summed E-state index contributed by atoms with van der Waals surface area (Å²) < 4.78 is 5.68. The Morgan fingerprint density at radius 2 is 2.20 bits per heavy atom. The molecule has 0 aromatic carbocycles. The number of ether oxygens (including phenoxy) is 1. The lowest BCUT2D eigenvalue weighted by atomic mass is 9.98. The molecule has 1 N–H and O–H groups in total. The minimum absolute atomic E-state index is 0.318. The zero-order chi connectivity index (χ0) is 13.8. The minimum Gasteiger partial charge on any atom is -0.475 e. The molecule has 0 radical (unpaired) electrons. The van der Waals surface area contributed by atoms with Gasteiger partial charge in [-0.2, -0.15) is 0 Å². The predicted molar refractivity (Wildman–Crippen MR) is 78.1 cm³/mol. The lowest BCUT2D eigenvalue weighted by Gasteiger charge is -2.12. The molecule has 0 aliphatic carbocycles. The topological polar surface area (TPSA) is 47.0 Å². The van der Waals surface area contributed by atoms with Crippen LogP contribution >= 0.6 is 11.6 Å². The molecule has 3 heterocycles. The molecule has 0 amide bonds. The van der Waals surface area contributed by atoms with Gasteiger partial charge in [0.2, 0.25) is 5.88 Å². The van der Waals surface area contributed by atoms with E-state index in [1.165, 1.54) is 5.56 Å². The van der Waals surface area contributed by atoms with Crippen molar-refractivity contribution in [2.24, 2.45) is 0 Å². The van der Waals surface area contributed by atoms with Crippen LogP contribution in [-0.4, -0.2) is 29.2 Å². The Kier molecular flexibility index (Phi) is 4.14. The molecule has 1 saturated heterocycles. The van der Waals surface area contributed by atoms with Crippen LogP contribution in [0.15, 0.2) is 42.9 Å². The molecule has 1 aliphatic rings. The summed E-state index contributed by atoms with van der Waals surface area (Å²) in [5.41, 5.74) is 1.28. The number of pyridine rings is 2. The Hall–Kier alpha value is -1.65. The molecule has 5 heteroatoms. The summed E-state index contributed by atoms with van der Waals surface area (Å²) in [6.45, 7) is 1.53. The maximum Gasteiger partial charge on any atom is 0.232 e. The number of hydrogen-bond donors (Lipinski definition) is 1. The Morgan fingerprint density at radius 3 is 3.00 bits per heavy atom. The first-order valence-corrected chi connectivity index (χ1v) is 7.07. The van der Waals surface area contributed by atoms with Crippen molar-refractivity contribution in [1.82, 2.24) is 15.3 Å². The quantitative estimate of drug-likeness (QED) is 0.940. The second-order valence-electron chi connectivity index (χ2n) is 4.93. The lowest BCUT2D eigenvalue weighted by Crippen LogP contribution is -2.28. The van der Waals surface area contributed by atoms with Crippen molar-refractivity contribution in [2.45, 2.75) is 18.4 Å². The summed E-state index contributed by atoms with van der Waals surface area (Å²) in [6.07, 6.45) is 6.46. The maximum absolute atomic E-state index is 6.02. The first-order chi connectivity index (χ1) is 9.83. The third-order valence-electron chi connectivity index (χ3n) is 3.52. The van der Waals surface area contributed by atoms with Crippen LogP contribution in [-0.2, 0) is 0 Å². The van der Waals surface area contributed by atoms with E-state index in [1.54, 1.807) is 24.5 Å². The average Bonchev–Trinajstić information content (AvgIpc) is 2.96. The van der Waals surface area contributed by atoms with E-state index in [4.69, 9.17) is 16.3 Å². The molecule has 1 fully saturated rings. The molecule has 0 spiro atoms. The first kappa shape index (κ1) is 13.3. The molecule has 2 aromatic heterocycles. The molecule has 2 atom stereocenters. The molecular formula is C15H16ClN3O. The fourth-order valence-corrected chi connectivity index (χ4v) is 2.65. The van der Waals surface area contributed by atoms with Gasteiger partial charge < -0.3 is 10.1 Å². The Morgan fingerprint density at radius 1 is 1.30 bits per heavy atom. The summed E-state index contributed by atoms with van der Waals surface area (Å²) in [7, 11) is 0. The van der Waals surface area contributed by atoms with E-state index in [2.05, 4.69) is 21.4 Å². The fourth-order valence-electron chi connectivity index (χ4n) is 2.47.